The first kappa shape index (κ1) is 12.8. The molecule has 0 aliphatic rings. The quantitative estimate of drug-likeness (QED) is 0.453. The molecule has 0 amide bonds. The maximum Gasteiger partial charge on any atom is 0.338 e. The topological polar surface area (TPSA) is 59.3 Å². The van der Waals surface area contributed by atoms with Gasteiger partial charge < -0.3 is 9.47 Å². The van der Waals surface area contributed by atoms with Gasteiger partial charge in [-0.3, -0.25) is 0 Å². The molecule has 0 unspecified atom stereocenters. The molecule has 0 aromatic heterocycles. The molecule has 88 valence electrons. The van der Waals surface area contributed by atoms with E-state index in [4.69, 9.17) is 10.00 Å². The third-order valence-corrected chi connectivity index (χ3v) is 2.17. The van der Waals surface area contributed by atoms with Crippen molar-refractivity contribution in [1.29, 1.82) is 5.26 Å². The van der Waals surface area contributed by atoms with Crippen LogP contribution in [0.5, 0.6) is 5.75 Å². The van der Waals surface area contributed by atoms with Crippen molar-refractivity contribution in [3.63, 3.8) is 0 Å². The zero-order valence-electron chi connectivity index (χ0n) is 9.82. The number of methoxy groups -OCH3 is 1. The number of esters is 1. The average molecular weight is 231 g/mol. The van der Waals surface area contributed by atoms with E-state index in [0.29, 0.717) is 23.3 Å². The van der Waals surface area contributed by atoms with Gasteiger partial charge in [0.25, 0.3) is 6.26 Å². The second-order valence-electron chi connectivity index (χ2n) is 3.60. The monoisotopic (exact) mass is 231 g/mol. The number of ether oxygens (including phenoxy) is 2. The second kappa shape index (κ2) is 5.71. The van der Waals surface area contributed by atoms with E-state index < -0.39 is 5.97 Å². The van der Waals surface area contributed by atoms with Crippen LogP contribution in [0.15, 0.2) is 30.4 Å². The van der Waals surface area contributed by atoms with Crippen molar-refractivity contribution < 1.29 is 14.3 Å². The van der Waals surface area contributed by atoms with Crippen molar-refractivity contribution in [2.45, 2.75) is 13.3 Å². The summed E-state index contributed by atoms with van der Waals surface area (Å²) in [4.78, 5) is 11.6. The summed E-state index contributed by atoms with van der Waals surface area (Å²) in [6, 6.07) is 4.91. The predicted octanol–water partition coefficient (Wildman–Crippen LogP) is 2.45. The number of nitriles is 1. The Morgan fingerprint density at radius 3 is 2.76 bits per heavy atom. The smallest absolute Gasteiger partial charge is 0.338 e. The Balaban J connectivity index is 3.29. The molecule has 0 radical (unpaired) electrons. The number of benzene rings is 1. The fourth-order valence-corrected chi connectivity index (χ4v) is 1.50. The molecule has 0 N–H and O–H groups in total. The van der Waals surface area contributed by atoms with Crippen molar-refractivity contribution in [3.8, 4) is 12.0 Å². The molecule has 0 atom stereocenters. The van der Waals surface area contributed by atoms with E-state index in [0.717, 1.165) is 5.57 Å². The number of nitrogens with zero attached hydrogens (tertiary/aromatic N) is 1. The van der Waals surface area contributed by atoms with Crippen molar-refractivity contribution in [1.82, 2.24) is 0 Å². The highest BCUT2D eigenvalue weighted by molar-refractivity contribution is 5.92. The lowest BCUT2D eigenvalue weighted by molar-refractivity contribution is 0.0599. The van der Waals surface area contributed by atoms with Crippen LogP contribution in [0.2, 0.25) is 0 Å². The summed E-state index contributed by atoms with van der Waals surface area (Å²) >= 11 is 0. The molecule has 0 bridgehead atoms. The summed E-state index contributed by atoms with van der Waals surface area (Å²) in [7, 11) is 1.31. The van der Waals surface area contributed by atoms with Crippen LogP contribution in [0.1, 0.15) is 22.8 Å². The lowest BCUT2D eigenvalue weighted by atomic mass is 10.00. The van der Waals surface area contributed by atoms with Gasteiger partial charge in [-0.05, 0) is 25.5 Å². The fraction of sp³-hybridized carbons (Fsp3) is 0.231. The van der Waals surface area contributed by atoms with Crippen LogP contribution in [0, 0.1) is 11.5 Å². The van der Waals surface area contributed by atoms with E-state index in [9.17, 15) is 4.79 Å². The molecule has 0 aliphatic carbocycles. The molecule has 4 nitrogen and oxygen atoms in total. The number of hydrogen-bond acceptors (Lipinski definition) is 4. The Hall–Kier alpha value is -2.28. The lowest BCUT2D eigenvalue weighted by Gasteiger charge is -2.10. The number of carbonyl (C=O) groups excluding carboxylic acids is 1. The molecule has 17 heavy (non-hydrogen) atoms. The Labute approximate surface area is 100 Å². The van der Waals surface area contributed by atoms with Crippen molar-refractivity contribution in [2.24, 2.45) is 0 Å². The van der Waals surface area contributed by atoms with Crippen LogP contribution >= 0.6 is 0 Å². The molecule has 0 saturated carbocycles. The zero-order chi connectivity index (χ0) is 12.8. The summed E-state index contributed by atoms with van der Waals surface area (Å²) in [5.74, 6) is -0.0944. The van der Waals surface area contributed by atoms with E-state index in [2.05, 4.69) is 11.3 Å². The molecular formula is C13H13NO3. The molecule has 1 aromatic carbocycles. The van der Waals surface area contributed by atoms with Gasteiger partial charge in [-0.15, -0.1) is 5.26 Å². The molecule has 0 saturated heterocycles. The molecule has 0 spiro atoms. The van der Waals surface area contributed by atoms with Gasteiger partial charge in [0.2, 0.25) is 0 Å². The minimum atomic E-state index is -0.454. The van der Waals surface area contributed by atoms with Gasteiger partial charge in [-0.2, -0.15) is 0 Å². The normalized spacial score (nSPS) is 9.24. The largest absolute Gasteiger partial charge is 0.465 e. The molecule has 0 aliphatic heterocycles. The lowest BCUT2D eigenvalue weighted by Crippen LogP contribution is -2.07. The molecule has 4 heteroatoms. The van der Waals surface area contributed by atoms with Crippen LogP contribution in [-0.4, -0.2) is 13.1 Å². The summed E-state index contributed by atoms with van der Waals surface area (Å²) in [6.07, 6.45) is 2.06. The zero-order valence-corrected chi connectivity index (χ0v) is 9.82. The van der Waals surface area contributed by atoms with Crippen LogP contribution < -0.4 is 4.74 Å². The van der Waals surface area contributed by atoms with Crippen LogP contribution in [0.25, 0.3) is 0 Å². The fourth-order valence-electron chi connectivity index (χ4n) is 1.50. The van der Waals surface area contributed by atoms with Gasteiger partial charge in [0.05, 0.1) is 12.7 Å². The Morgan fingerprint density at radius 1 is 1.53 bits per heavy atom. The number of allylic oxidation sites excluding steroid dienone is 1. The minimum Gasteiger partial charge on any atom is -0.465 e. The Bertz CT molecular complexity index is 486. The first-order chi connectivity index (χ1) is 8.10. The van der Waals surface area contributed by atoms with Crippen LogP contribution in [-0.2, 0) is 11.2 Å². The van der Waals surface area contributed by atoms with E-state index in [1.54, 1.807) is 24.5 Å². The number of rotatable bonds is 4. The number of carbonyl (C=O) groups is 1. The SMILES string of the molecule is C=C(C)Cc1c(OC#N)cccc1C(=O)OC. The van der Waals surface area contributed by atoms with Gasteiger partial charge in [0, 0.05) is 5.56 Å². The highest BCUT2D eigenvalue weighted by atomic mass is 16.5. The maximum atomic E-state index is 11.6. The summed E-state index contributed by atoms with van der Waals surface area (Å²) < 4.78 is 9.51. The summed E-state index contributed by atoms with van der Waals surface area (Å²) in [6.45, 7) is 5.62. The highest BCUT2D eigenvalue weighted by Gasteiger charge is 2.16. The van der Waals surface area contributed by atoms with Gasteiger partial charge in [0.15, 0.2) is 0 Å². The van der Waals surface area contributed by atoms with Crippen molar-refractivity contribution in [2.75, 3.05) is 7.11 Å². The standard InChI is InChI=1S/C13H13NO3/c1-9(2)7-11-10(13(15)16-3)5-4-6-12(11)17-8-14/h4-6H,1,7H2,2-3H3. The Kier molecular flexibility index (Phi) is 4.29. The third-order valence-electron chi connectivity index (χ3n) is 2.17. The van der Waals surface area contributed by atoms with Gasteiger partial charge in [-0.1, -0.05) is 18.2 Å². The molecule has 0 fully saturated rings. The van der Waals surface area contributed by atoms with E-state index in [1.165, 1.54) is 7.11 Å². The van der Waals surface area contributed by atoms with Crippen molar-refractivity contribution >= 4 is 5.97 Å². The molecule has 1 rings (SSSR count). The summed E-state index contributed by atoms with van der Waals surface area (Å²) in [5, 5.41) is 8.55. The second-order valence-corrected chi connectivity index (χ2v) is 3.60. The predicted molar refractivity (Wildman–Crippen MR) is 62.5 cm³/mol. The average Bonchev–Trinajstić information content (AvgIpc) is 2.30. The van der Waals surface area contributed by atoms with Crippen LogP contribution in [0.3, 0.4) is 0 Å². The molecule has 0 heterocycles. The minimum absolute atomic E-state index is 0.360. The third kappa shape index (κ3) is 3.08. The van der Waals surface area contributed by atoms with Gasteiger partial charge in [-0.25, -0.2) is 4.79 Å². The Morgan fingerprint density at radius 2 is 2.24 bits per heavy atom. The van der Waals surface area contributed by atoms with E-state index in [-0.39, 0.29) is 0 Å². The van der Waals surface area contributed by atoms with Gasteiger partial charge in [0.1, 0.15) is 5.75 Å². The van der Waals surface area contributed by atoms with Gasteiger partial charge >= 0.3 is 5.97 Å². The molecular weight excluding hydrogens is 218 g/mol. The summed E-state index contributed by atoms with van der Waals surface area (Å²) in [5.41, 5.74) is 1.88. The van der Waals surface area contributed by atoms with Crippen molar-refractivity contribution in [3.05, 3.63) is 41.5 Å². The highest BCUT2D eigenvalue weighted by Crippen LogP contribution is 2.25. The first-order valence-corrected chi connectivity index (χ1v) is 5.00. The van der Waals surface area contributed by atoms with Crippen LogP contribution in [0.4, 0.5) is 0 Å². The number of hydrogen-bond donors (Lipinski definition) is 0. The first-order valence-electron chi connectivity index (χ1n) is 5.00. The maximum absolute atomic E-state index is 11.6. The van der Waals surface area contributed by atoms with E-state index >= 15 is 0 Å². The van der Waals surface area contributed by atoms with E-state index in [1.807, 2.05) is 6.92 Å². The molecule has 1 aromatic rings.